The quantitative estimate of drug-likeness (QED) is 0.550. The Bertz CT molecular complexity index is 158. The molecular weight excluding hydrogens is 136 g/mol. The normalized spacial score (nSPS) is 25.0. The van der Waals surface area contributed by atoms with Crippen LogP contribution in [0.2, 0.25) is 0 Å². The number of terminal acetylenes is 1. The molecule has 1 heteroatoms. The zero-order valence-corrected chi connectivity index (χ0v) is 7.39. The zero-order valence-electron chi connectivity index (χ0n) is 7.39. The highest BCUT2D eigenvalue weighted by Crippen LogP contribution is 2.28. The highest BCUT2D eigenvalue weighted by atomic mass is 16.5. The summed E-state index contributed by atoms with van der Waals surface area (Å²) in [7, 11) is 0. The van der Waals surface area contributed by atoms with Crippen molar-refractivity contribution in [3.05, 3.63) is 0 Å². The van der Waals surface area contributed by atoms with E-state index in [4.69, 9.17) is 11.2 Å². The van der Waals surface area contributed by atoms with Crippen LogP contribution in [0.4, 0.5) is 0 Å². The van der Waals surface area contributed by atoms with Gasteiger partial charge in [-0.2, -0.15) is 0 Å². The third-order valence-electron chi connectivity index (χ3n) is 2.21. The third kappa shape index (κ3) is 2.55. The van der Waals surface area contributed by atoms with Gasteiger partial charge in [-0.05, 0) is 32.6 Å². The van der Waals surface area contributed by atoms with Crippen molar-refractivity contribution in [2.24, 2.45) is 11.3 Å². The van der Waals surface area contributed by atoms with E-state index in [9.17, 15) is 0 Å². The summed E-state index contributed by atoms with van der Waals surface area (Å²) >= 11 is 0. The summed E-state index contributed by atoms with van der Waals surface area (Å²) in [4.78, 5) is 0. The van der Waals surface area contributed by atoms with Crippen LogP contribution in [0.1, 0.15) is 26.7 Å². The summed E-state index contributed by atoms with van der Waals surface area (Å²) in [6, 6.07) is 0. The van der Waals surface area contributed by atoms with Crippen molar-refractivity contribution in [2.45, 2.75) is 26.7 Å². The number of hydrogen-bond donors (Lipinski definition) is 0. The Balaban J connectivity index is 2.35. The first kappa shape index (κ1) is 8.62. The minimum atomic E-state index is 0.0539. The Hall–Kier alpha value is -0.480. The lowest BCUT2D eigenvalue weighted by molar-refractivity contribution is 0.177. The van der Waals surface area contributed by atoms with Crippen LogP contribution in [-0.2, 0) is 4.74 Å². The van der Waals surface area contributed by atoms with Crippen LogP contribution in [0.5, 0.6) is 0 Å². The summed E-state index contributed by atoms with van der Waals surface area (Å²) in [6.45, 7) is 6.06. The van der Waals surface area contributed by atoms with Crippen LogP contribution >= 0.6 is 0 Å². The van der Waals surface area contributed by atoms with Gasteiger partial charge in [0, 0.05) is 18.6 Å². The number of ether oxygens (including phenoxy) is 1. The van der Waals surface area contributed by atoms with Gasteiger partial charge in [-0.15, -0.1) is 12.3 Å². The van der Waals surface area contributed by atoms with Gasteiger partial charge in [-0.1, -0.05) is 0 Å². The molecule has 0 spiro atoms. The van der Waals surface area contributed by atoms with E-state index in [2.05, 4.69) is 19.8 Å². The molecule has 1 aliphatic rings. The van der Waals surface area contributed by atoms with Crippen molar-refractivity contribution >= 4 is 0 Å². The maximum atomic E-state index is 5.39. The molecular formula is C10H16O. The molecule has 0 aromatic rings. The number of rotatable bonds is 2. The predicted octanol–water partition coefficient (Wildman–Crippen LogP) is 2.07. The third-order valence-corrected chi connectivity index (χ3v) is 2.21. The molecule has 0 radical (unpaired) electrons. The second-order valence-electron chi connectivity index (χ2n) is 3.96. The van der Waals surface area contributed by atoms with Crippen molar-refractivity contribution in [2.75, 3.05) is 13.2 Å². The molecule has 1 heterocycles. The molecule has 11 heavy (non-hydrogen) atoms. The summed E-state index contributed by atoms with van der Waals surface area (Å²) in [6.07, 6.45) is 7.68. The Morgan fingerprint density at radius 3 is 2.82 bits per heavy atom. The van der Waals surface area contributed by atoms with E-state index in [1.165, 1.54) is 6.42 Å². The van der Waals surface area contributed by atoms with Gasteiger partial charge >= 0.3 is 0 Å². The Morgan fingerprint density at radius 1 is 1.64 bits per heavy atom. The SMILES string of the molecule is C#CC(C)(C)CC1CCOC1. The van der Waals surface area contributed by atoms with Gasteiger partial charge in [0.15, 0.2) is 0 Å². The highest BCUT2D eigenvalue weighted by molar-refractivity contribution is 5.01. The lowest BCUT2D eigenvalue weighted by atomic mass is 9.83. The van der Waals surface area contributed by atoms with E-state index in [1.807, 2.05) is 0 Å². The molecule has 1 rings (SSSR count). The fraction of sp³-hybridized carbons (Fsp3) is 0.800. The van der Waals surface area contributed by atoms with Crippen molar-refractivity contribution in [3.63, 3.8) is 0 Å². The van der Waals surface area contributed by atoms with Crippen molar-refractivity contribution in [3.8, 4) is 12.3 Å². The van der Waals surface area contributed by atoms with Gasteiger partial charge in [-0.3, -0.25) is 0 Å². The molecule has 1 atom stereocenters. The summed E-state index contributed by atoms with van der Waals surface area (Å²) in [5.41, 5.74) is 0.0539. The summed E-state index contributed by atoms with van der Waals surface area (Å²) < 4.78 is 5.28. The molecule has 0 bridgehead atoms. The fourth-order valence-corrected chi connectivity index (χ4v) is 1.52. The molecule has 1 saturated heterocycles. The molecule has 0 aromatic carbocycles. The Morgan fingerprint density at radius 2 is 2.36 bits per heavy atom. The van der Waals surface area contributed by atoms with Crippen LogP contribution < -0.4 is 0 Å². The minimum absolute atomic E-state index is 0.0539. The minimum Gasteiger partial charge on any atom is -0.381 e. The van der Waals surface area contributed by atoms with Crippen molar-refractivity contribution in [1.82, 2.24) is 0 Å². The van der Waals surface area contributed by atoms with Crippen LogP contribution in [0.25, 0.3) is 0 Å². The van der Waals surface area contributed by atoms with Gasteiger partial charge in [0.1, 0.15) is 0 Å². The molecule has 0 aromatic heterocycles. The van der Waals surface area contributed by atoms with E-state index >= 15 is 0 Å². The second-order valence-corrected chi connectivity index (χ2v) is 3.96. The first-order valence-electron chi connectivity index (χ1n) is 4.19. The predicted molar refractivity (Wildman–Crippen MR) is 46.2 cm³/mol. The van der Waals surface area contributed by atoms with E-state index in [0.29, 0.717) is 5.92 Å². The number of hydrogen-bond acceptors (Lipinski definition) is 1. The van der Waals surface area contributed by atoms with Crippen LogP contribution in [0.3, 0.4) is 0 Å². The monoisotopic (exact) mass is 152 g/mol. The van der Waals surface area contributed by atoms with E-state index < -0.39 is 0 Å². The zero-order chi connectivity index (χ0) is 8.32. The van der Waals surface area contributed by atoms with Gasteiger partial charge in [0.2, 0.25) is 0 Å². The molecule has 1 nitrogen and oxygen atoms in total. The standard InChI is InChI=1S/C10H16O/c1-4-10(2,3)7-9-5-6-11-8-9/h1,9H,5-8H2,2-3H3. The van der Waals surface area contributed by atoms with Gasteiger partial charge in [0.05, 0.1) is 0 Å². The lowest BCUT2D eigenvalue weighted by Crippen LogP contribution is -2.14. The van der Waals surface area contributed by atoms with Crippen molar-refractivity contribution < 1.29 is 4.74 Å². The average Bonchev–Trinajstić information content (AvgIpc) is 2.39. The first-order valence-corrected chi connectivity index (χ1v) is 4.19. The first-order chi connectivity index (χ1) is 5.14. The smallest absolute Gasteiger partial charge is 0.0495 e. The van der Waals surface area contributed by atoms with Crippen molar-refractivity contribution in [1.29, 1.82) is 0 Å². The Labute approximate surface area is 69.1 Å². The molecule has 0 aliphatic carbocycles. The topological polar surface area (TPSA) is 9.23 Å². The molecule has 1 fully saturated rings. The average molecular weight is 152 g/mol. The Kier molecular flexibility index (Phi) is 2.57. The van der Waals surface area contributed by atoms with Crippen LogP contribution in [0, 0.1) is 23.7 Å². The van der Waals surface area contributed by atoms with E-state index in [1.54, 1.807) is 0 Å². The molecule has 0 saturated carbocycles. The van der Waals surface area contributed by atoms with Gasteiger partial charge < -0.3 is 4.74 Å². The molecule has 62 valence electrons. The summed E-state index contributed by atoms with van der Waals surface area (Å²) in [5.74, 6) is 3.51. The van der Waals surface area contributed by atoms with Gasteiger partial charge in [0.25, 0.3) is 0 Å². The molecule has 0 amide bonds. The van der Waals surface area contributed by atoms with E-state index in [0.717, 1.165) is 19.6 Å². The second kappa shape index (κ2) is 3.28. The largest absolute Gasteiger partial charge is 0.381 e. The molecule has 1 unspecified atom stereocenters. The van der Waals surface area contributed by atoms with Gasteiger partial charge in [-0.25, -0.2) is 0 Å². The summed E-state index contributed by atoms with van der Waals surface area (Å²) in [5, 5.41) is 0. The lowest BCUT2D eigenvalue weighted by Gasteiger charge is -2.20. The highest BCUT2D eigenvalue weighted by Gasteiger charge is 2.23. The van der Waals surface area contributed by atoms with Crippen LogP contribution in [-0.4, -0.2) is 13.2 Å². The maximum absolute atomic E-state index is 5.39. The molecule has 0 N–H and O–H groups in total. The van der Waals surface area contributed by atoms with Crippen LogP contribution in [0.15, 0.2) is 0 Å². The van der Waals surface area contributed by atoms with E-state index in [-0.39, 0.29) is 5.41 Å². The maximum Gasteiger partial charge on any atom is 0.0495 e. The fourth-order valence-electron chi connectivity index (χ4n) is 1.52. The molecule has 1 aliphatic heterocycles.